The monoisotopic (exact) mass is 250 g/mol. The Kier molecular flexibility index (Phi) is 4.59. The van der Waals surface area contributed by atoms with Gasteiger partial charge in [-0.15, -0.1) is 0 Å². The van der Waals surface area contributed by atoms with Gasteiger partial charge in [-0.05, 0) is 30.9 Å². The summed E-state index contributed by atoms with van der Waals surface area (Å²) >= 11 is 0. The Hall–Kier alpha value is -1.09. The molecule has 1 aliphatic heterocycles. The summed E-state index contributed by atoms with van der Waals surface area (Å²) in [4.78, 5) is 2.11. The number of anilines is 1. The Morgan fingerprint density at radius 3 is 2.83 bits per heavy atom. The van der Waals surface area contributed by atoms with Gasteiger partial charge in [0.25, 0.3) is 0 Å². The number of benzene rings is 1. The molecule has 0 saturated carbocycles. The van der Waals surface area contributed by atoms with Crippen molar-refractivity contribution in [3.8, 4) is 0 Å². The summed E-state index contributed by atoms with van der Waals surface area (Å²) in [5.41, 5.74) is 6.81. The number of nitrogens with two attached hydrogens (primary N) is 1. The molecule has 1 aliphatic rings. The zero-order chi connectivity index (χ0) is 13.0. The molecule has 0 aliphatic carbocycles. The highest BCUT2D eigenvalue weighted by Crippen LogP contribution is 2.27. The van der Waals surface area contributed by atoms with Crippen LogP contribution in [0.3, 0.4) is 0 Å². The summed E-state index contributed by atoms with van der Waals surface area (Å²) in [5.74, 6) is 0.467. The third kappa shape index (κ3) is 3.22. The Morgan fingerprint density at radius 2 is 2.11 bits per heavy atom. The topological polar surface area (TPSA) is 29.3 Å². The quantitative estimate of drug-likeness (QED) is 0.889. The van der Waals surface area contributed by atoms with Crippen molar-refractivity contribution in [2.45, 2.75) is 38.6 Å². The first kappa shape index (κ1) is 13.3. The average Bonchev–Trinajstić information content (AvgIpc) is 2.36. The molecule has 0 amide bonds. The molecule has 100 valence electrons. The highest BCUT2D eigenvalue weighted by molar-refractivity contribution is 5.48. The second kappa shape index (κ2) is 6.19. The van der Waals surface area contributed by atoms with Gasteiger partial charge >= 0.3 is 0 Å². The molecular formula is C15H23FN2. The molecule has 0 spiro atoms. The van der Waals surface area contributed by atoms with Gasteiger partial charge in [-0.1, -0.05) is 31.9 Å². The van der Waals surface area contributed by atoms with E-state index in [2.05, 4.69) is 11.8 Å². The molecule has 2 atom stereocenters. The van der Waals surface area contributed by atoms with Gasteiger partial charge in [0, 0.05) is 19.1 Å². The van der Waals surface area contributed by atoms with Crippen molar-refractivity contribution < 1.29 is 4.39 Å². The lowest BCUT2D eigenvalue weighted by Crippen LogP contribution is -2.47. The van der Waals surface area contributed by atoms with Crippen molar-refractivity contribution in [2.24, 2.45) is 11.7 Å². The van der Waals surface area contributed by atoms with Crippen LogP contribution in [0.4, 0.5) is 10.1 Å². The molecule has 0 aromatic heterocycles. The van der Waals surface area contributed by atoms with E-state index in [1.165, 1.54) is 25.3 Å². The molecule has 2 N–H and O–H groups in total. The molecule has 2 nitrogen and oxygen atoms in total. The molecule has 0 bridgehead atoms. The van der Waals surface area contributed by atoms with Crippen LogP contribution in [0.2, 0.25) is 0 Å². The van der Waals surface area contributed by atoms with Crippen molar-refractivity contribution in [2.75, 3.05) is 18.0 Å². The van der Waals surface area contributed by atoms with E-state index < -0.39 is 0 Å². The summed E-state index contributed by atoms with van der Waals surface area (Å²) < 4.78 is 13.8. The lowest BCUT2D eigenvalue weighted by atomic mass is 9.90. The van der Waals surface area contributed by atoms with Crippen LogP contribution in [-0.2, 0) is 0 Å². The van der Waals surface area contributed by atoms with E-state index in [1.54, 1.807) is 6.07 Å². The van der Waals surface area contributed by atoms with E-state index in [0.717, 1.165) is 19.5 Å². The molecule has 2 unspecified atom stereocenters. The Morgan fingerprint density at radius 1 is 1.33 bits per heavy atom. The van der Waals surface area contributed by atoms with Crippen LogP contribution in [0.5, 0.6) is 0 Å². The summed E-state index contributed by atoms with van der Waals surface area (Å²) in [6.07, 6.45) is 4.73. The standard InChI is InChI=1S/C15H23FN2/c1-2-3-6-12-9-13(17)11-18(10-12)15-8-5-4-7-14(15)16/h4-5,7-8,12-13H,2-3,6,9-11,17H2,1H3. The van der Waals surface area contributed by atoms with Gasteiger partial charge in [-0.25, -0.2) is 4.39 Å². The van der Waals surface area contributed by atoms with E-state index in [-0.39, 0.29) is 11.9 Å². The van der Waals surface area contributed by atoms with Crippen LogP contribution < -0.4 is 10.6 Å². The number of hydrogen-bond donors (Lipinski definition) is 1. The largest absolute Gasteiger partial charge is 0.367 e. The van der Waals surface area contributed by atoms with E-state index in [9.17, 15) is 4.39 Å². The maximum atomic E-state index is 13.8. The van der Waals surface area contributed by atoms with Crippen molar-refractivity contribution in [3.05, 3.63) is 30.1 Å². The van der Waals surface area contributed by atoms with Crippen molar-refractivity contribution in [3.63, 3.8) is 0 Å². The van der Waals surface area contributed by atoms with Gasteiger partial charge in [0.1, 0.15) is 5.82 Å². The number of rotatable bonds is 4. The van der Waals surface area contributed by atoms with Crippen LogP contribution in [0, 0.1) is 11.7 Å². The predicted molar refractivity (Wildman–Crippen MR) is 74.2 cm³/mol. The van der Waals surface area contributed by atoms with Gasteiger partial charge in [0.15, 0.2) is 0 Å². The zero-order valence-electron chi connectivity index (χ0n) is 11.1. The minimum atomic E-state index is -0.138. The van der Waals surface area contributed by atoms with Gasteiger partial charge in [-0.2, -0.15) is 0 Å². The minimum absolute atomic E-state index is 0.138. The third-order valence-electron chi connectivity index (χ3n) is 3.73. The first-order valence-electron chi connectivity index (χ1n) is 6.95. The number of halogens is 1. The second-order valence-corrected chi connectivity index (χ2v) is 5.36. The summed E-state index contributed by atoms with van der Waals surface area (Å²) in [5, 5.41) is 0. The molecule has 18 heavy (non-hydrogen) atoms. The molecule has 1 aromatic rings. The predicted octanol–water partition coefficient (Wildman–Crippen LogP) is 3.17. The third-order valence-corrected chi connectivity index (χ3v) is 3.73. The lowest BCUT2D eigenvalue weighted by molar-refractivity contribution is 0.348. The van der Waals surface area contributed by atoms with Gasteiger partial charge < -0.3 is 10.6 Å². The molecule has 1 fully saturated rings. The highest BCUT2D eigenvalue weighted by atomic mass is 19.1. The van der Waals surface area contributed by atoms with Crippen LogP contribution in [0.25, 0.3) is 0 Å². The summed E-state index contributed by atoms with van der Waals surface area (Å²) in [6, 6.07) is 7.16. The molecule has 3 heteroatoms. The van der Waals surface area contributed by atoms with E-state index in [0.29, 0.717) is 11.6 Å². The maximum Gasteiger partial charge on any atom is 0.146 e. The molecule has 1 aromatic carbocycles. The van der Waals surface area contributed by atoms with Crippen LogP contribution in [0.15, 0.2) is 24.3 Å². The van der Waals surface area contributed by atoms with Crippen LogP contribution >= 0.6 is 0 Å². The van der Waals surface area contributed by atoms with E-state index >= 15 is 0 Å². The van der Waals surface area contributed by atoms with E-state index in [1.807, 2.05) is 12.1 Å². The fourth-order valence-electron chi connectivity index (χ4n) is 2.85. The first-order chi connectivity index (χ1) is 8.70. The van der Waals surface area contributed by atoms with E-state index in [4.69, 9.17) is 5.73 Å². The maximum absolute atomic E-state index is 13.8. The number of para-hydroxylation sites is 1. The fourth-order valence-corrected chi connectivity index (χ4v) is 2.85. The van der Waals surface area contributed by atoms with Gasteiger partial charge in [0.2, 0.25) is 0 Å². The van der Waals surface area contributed by atoms with Crippen molar-refractivity contribution in [1.82, 2.24) is 0 Å². The molecule has 1 saturated heterocycles. The molecular weight excluding hydrogens is 227 g/mol. The van der Waals surface area contributed by atoms with Gasteiger partial charge in [-0.3, -0.25) is 0 Å². The van der Waals surface area contributed by atoms with Crippen LogP contribution in [0.1, 0.15) is 32.6 Å². The van der Waals surface area contributed by atoms with Crippen molar-refractivity contribution >= 4 is 5.69 Å². The number of nitrogens with zero attached hydrogens (tertiary/aromatic N) is 1. The summed E-state index contributed by atoms with van der Waals surface area (Å²) in [6.45, 7) is 3.91. The molecule has 2 rings (SSSR count). The summed E-state index contributed by atoms with van der Waals surface area (Å²) in [7, 11) is 0. The van der Waals surface area contributed by atoms with Gasteiger partial charge in [0.05, 0.1) is 5.69 Å². The molecule has 0 radical (unpaired) electrons. The number of hydrogen-bond acceptors (Lipinski definition) is 2. The average molecular weight is 250 g/mol. The smallest absolute Gasteiger partial charge is 0.146 e. The highest BCUT2D eigenvalue weighted by Gasteiger charge is 2.26. The second-order valence-electron chi connectivity index (χ2n) is 5.36. The number of unbranched alkanes of at least 4 members (excludes halogenated alkanes) is 1. The number of piperidine rings is 1. The minimum Gasteiger partial charge on any atom is -0.367 e. The van der Waals surface area contributed by atoms with Crippen LogP contribution in [-0.4, -0.2) is 19.1 Å². The van der Waals surface area contributed by atoms with Crippen molar-refractivity contribution in [1.29, 1.82) is 0 Å². The first-order valence-corrected chi connectivity index (χ1v) is 6.95. The zero-order valence-corrected chi connectivity index (χ0v) is 11.1. The Labute approximate surface area is 109 Å². The SMILES string of the molecule is CCCCC1CC(N)CN(c2ccccc2F)C1. The Bertz CT molecular complexity index is 381. The Balaban J connectivity index is 2.06. The normalized spacial score (nSPS) is 24.3. The fraction of sp³-hybridized carbons (Fsp3) is 0.600. The molecule has 1 heterocycles. The lowest BCUT2D eigenvalue weighted by Gasteiger charge is -2.38.